The molecule has 0 bridgehead atoms. The molecule has 2 saturated heterocycles. The first-order chi connectivity index (χ1) is 10.7. The number of amides is 1. The minimum Gasteiger partial charge on any atom is -0.355 e. The van der Waals surface area contributed by atoms with Gasteiger partial charge in [0, 0.05) is 45.5 Å². The van der Waals surface area contributed by atoms with Crippen LogP contribution in [0.3, 0.4) is 0 Å². The number of carbonyl (C=O) groups excluding carboxylic acids is 1. The molecule has 1 aromatic rings. The molecule has 3 rings (SSSR count). The Morgan fingerprint density at radius 3 is 2.77 bits per heavy atom. The predicted molar refractivity (Wildman–Crippen MR) is 86.7 cm³/mol. The highest BCUT2D eigenvalue weighted by molar-refractivity contribution is 6.30. The molecule has 0 spiro atoms. The van der Waals surface area contributed by atoms with E-state index < -0.39 is 0 Å². The van der Waals surface area contributed by atoms with Crippen LogP contribution in [0.1, 0.15) is 25.0 Å². The molecule has 1 unspecified atom stereocenters. The van der Waals surface area contributed by atoms with Crippen LogP contribution in [0.2, 0.25) is 5.02 Å². The van der Waals surface area contributed by atoms with Crippen molar-refractivity contribution in [3.63, 3.8) is 0 Å². The summed E-state index contributed by atoms with van der Waals surface area (Å²) in [7, 11) is 0. The summed E-state index contributed by atoms with van der Waals surface area (Å²) in [5.74, 6) is 0.213. The van der Waals surface area contributed by atoms with Crippen molar-refractivity contribution in [1.29, 1.82) is 0 Å². The van der Waals surface area contributed by atoms with E-state index in [0.717, 1.165) is 64.2 Å². The van der Waals surface area contributed by atoms with E-state index in [1.807, 2.05) is 12.1 Å². The number of pyridine rings is 1. The fraction of sp³-hybridized carbons (Fsp3) is 0.625. The van der Waals surface area contributed by atoms with E-state index in [-0.39, 0.29) is 11.9 Å². The Kier molecular flexibility index (Phi) is 5.28. The molecule has 2 aliphatic heterocycles. The van der Waals surface area contributed by atoms with Crippen LogP contribution in [0.4, 0.5) is 0 Å². The first-order valence-corrected chi connectivity index (χ1v) is 8.45. The molecule has 2 aliphatic rings. The molecule has 1 aromatic heterocycles. The second kappa shape index (κ2) is 7.40. The lowest BCUT2D eigenvalue weighted by molar-refractivity contribution is -0.126. The van der Waals surface area contributed by atoms with Crippen LogP contribution in [0.25, 0.3) is 0 Å². The van der Waals surface area contributed by atoms with Crippen molar-refractivity contribution in [2.24, 2.45) is 0 Å². The molecule has 3 heterocycles. The Hall–Kier alpha value is -1.17. The van der Waals surface area contributed by atoms with Gasteiger partial charge in [-0.25, -0.2) is 0 Å². The van der Waals surface area contributed by atoms with E-state index >= 15 is 0 Å². The Balaban J connectivity index is 1.51. The van der Waals surface area contributed by atoms with Gasteiger partial charge >= 0.3 is 0 Å². The lowest BCUT2D eigenvalue weighted by Crippen LogP contribution is -2.54. The predicted octanol–water partition coefficient (Wildman–Crippen LogP) is 1.52. The Bertz CT molecular complexity index is 499. The highest BCUT2D eigenvalue weighted by atomic mass is 35.5. The summed E-state index contributed by atoms with van der Waals surface area (Å²) in [5, 5.41) is 3.71. The molecule has 1 N–H and O–H groups in total. The molecule has 0 aromatic carbocycles. The summed E-state index contributed by atoms with van der Waals surface area (Å²) in [5.41, 5.74) is 1.05. The van der Waals surface area contributed by atoms with E-state index in [1.165, 1.54) is 0 Å². The highest BCUT2D eigenvalue weighted by Crippen LogP contribution is 2.16. The zero-order chi connectivity index (χ0) is 15.4. The first-order valence-electron chi connectivity index (χ1n) is 8.07. The number of nitrogens with zero attached hydrogens (tertiary/aromatic N) is 3. The molecular formula is C16H23ClN4O. The summed E-state index contributed by atoms with van der Waals surface area (Å²) < 4.78 is 0. The topological polar surface area (TPSA) is 48.5 Å². The van der Waals surface area contributed by atoms with Gasteiger partial charge in [0.25, 0.3) is 0 Å². The maximum atomic E-state index is 12.1. The maximum Gasteiger partial charge on any atom is 0.237 e. The van der Waals surface area contributed by atoms with E-state index in [4.69, 9.17) is 11.6 Å². The van der Waals surface area contributed by atoms with Gasteiger partial charge in [0.15, 0.2) is 0 Å². The number of nitrogens with one attached hydrogen (secondary N) is 1. The van der Waals surface area contributed by atoms with Crippen LogP contribution >= 0.6 is 11.6 Å². The molecule has 5 nitrogen and oxygen atoms in total. The quantitative estimate of drug-likeness (QED) is 0.916. The van der Waals surface area contributed by atoms with Crippen LogP contribution < -0.4 is 5.32 Å². The lowest BCUT2D eigenvalue weighted by Gasteiger charge is -2.38. The number of halogens is 1. The summed E-state index contributed by atoms with van der Waals surface area (Å²) in [6.07, 6.45) is 4.93. The second-order valence-corrected chi connectivity index (χ2v) is 6.52. The normalized spacial score (nSPS) is 24.8. The zero-order valence-electron chi connectivity index (χ0n) is 12.8. The highest BCUT2D eigenvalue weighted by Gasteiger charge is 2.29. The van der Waals surface area contributed by atoms with Crippen LogP contribution in [0.15, 0.2) is 18.3 Å². The third-order valence-corrected chi connectivity index (χ3v) is 4.75. The summed E-state index contributed by atoms with van der Waals surface area (Å²) >= 11 is 5.87. The smallest absolute Gasteiger partial charge is 0.237 e. The third kappa shape index (κ3) is 3.97. The van der Waals surface area contributed by atoms with Crippen molar-refractivity contribution in [3.05, 3.63) is 29.0 Å². The standard InChI is InChI=1S/C16H23ClN4O/c17-13-4-5-14(19-11-13)12-20-7-9-21(10-8-20)15-3-1-2-6-18-16(15)22/h4-5,11,15H,1-3,6-10,12H2,(H,18,22). The van der Waals surface area contributed by atoms with Crippen molar-refractivity contribution in [2.75, 3.05) is 32.7 Å². The van der Waals surface area contributed by atoms with Crippen LogP contribution in [-0.2, 0) is 11.3 Å². The minimum absolute atomic E-state index is 0.0679. The zero-order valence-corrected chi connectivity index (χ0v) is 13.6. The maximum absolute atomic E-state index is 12.1. The molecule has 0 aliphatic carbocycles. The van der Waals surface area contributed by atoms with E-state index in [1.54, 1.807) is 6.20 Å². The van der Waals surface area contributed by atoms with Crippen molar-refractivity contribution in [3.8, 4) is 0 Å². The minimum atomic E-state index is 0.0679. The van der Waals surface area contributed by atoms with Gasteiger partial charge in [0.1, 0.15) is 0 Å². The van der Waals surface area contributed by atoms with Gasteiger partial charge in [-0.3, -0.25) is 19.6 Å². The number of rotatable bonds is 3. The van der Waals surface area contributed by atoms with Crippen LogP contribution in [0.5, 0.6) is 0 Å². The Morgan fingerprint density at radius 1 is 1.23 bits per heavy atom. The summed E-state index contributed by atoms with van der Waals surface area (Å²) in [6.45, 7) is 5.54. The largest absolute Gasteiger partial charge is 0.355 e. The van der Waals surface area contributed by atoms with Gasteiger partial charge in [-0.05, 0) is 31.4 Å². The van der Waals surface area contributed by atoms with Gasteiger partial charge in [0.2, 0.25) is 5.91 Å². The van der Waals surface area contributed by atoms with Crippen molar-refractivity contribution in [1.82, 2.24) is 20.1 Å². The van der Waals surface area contributed by atoms with Gasteiger partial charge in [-0.1, -0.05) is 11.6 Å². The fourth-order valence-electron chi connectivity index (χ4n) is 3.23. The molecule has 0 saturated carbocycles. The molecule has 22 heavy (non-hydrogen) atoms. The van der Waals surface area contributed by atoms with Gasteiger partial charge < -0.3 is 5.32 Å². The monoisotopic (exact) mass is 322 g/mol. The van der Waals surface area contributed by atoms with Gasteiger partial charge in [-0.2, -0.15) is 0 Å². The van der Waals surface area contributed by atoms with Crippen LogP contribution in [0, 0.1) is 0 Å². The van der Waals surface area contributed by atoms with Crippen molar-refractivity contribution in [2.45, 2.75) is 31.8 Å². The van der Waals surface area contributed by atoms with Gasteiger partial charge in [-0.15, -0.1) is 0 Å². The van der Waals surface area contributed by atoms with E-state index in [0.29, 0.717) is 5.02 Å². The van der Waals surface area contributed by atoms with E-state index in [9.17, 15) is 4.79 Å². The van der Waals surface area contributed by atoms with Crippen molar-refractivity contribution >= 4 is 17.5 Å². The number of piperazine rings is 1. The Morgan fingerprint density at radius 2 is 2.05 bits per heavy atom. The summed E-state index contributed by atoms with van der Waals surface area (Å²) in [4.78, 5) is 21.2. The van der Waals surface area contributed by atoms with Crippen LogP contribution in [-0.4, -0.2) is 59.5 Å². The molecule has 6 heteroatoms. The fourth-order valence-corrected chi connectivity index (χ4v) is 3.35. The average Bonchev–Trinajstić information content (AvgIpc) is 2.75. The lowest BCUT2D eigenvalue weighted by atomic mass is 10.1. The van der Waals surface area contributed by atoms with E-state index in [2.05, 4.69) is 20.1 Å². The molecule has 120 valence electrons. The molecule has 1 amide bonds. The number of carbonyl (C=O) groups is 1. The number of hydrogen-bond acceptors (Lipinski definition) is 4. The average molecular weight is 323 g/mol. The molecule has 2 fully saturated rings. The number of hydrogen-bond donors (Lipinski definition) is 1. The molecular weight excluding hydrogens is 300 g/mol. The number of aromatic nitrogens is 1. The molecule has 0 radical (unpaired) electrons. The summed E-state index contributed by atoms with van der Waals surface area (Å²) in [6, 6.07) is 3.93. The Labute approximate surface area is 136 Å². The third-order valence-electron chi connectivity index (χ3n) is 4.53. The second-order valence-electron chi connectivity index (χ2n) is 6.08. The van der Waals surface area contributed by atoms with Crippen molar-refractivity contribution < 1.29 is 4.79 Å². The van der Waals surface area contributed by atoms with Gasteiger partial charge in [0.05, 0.1) is 16.8 Å². The SMILES string of the molecule is O=C1NCCCCC1N1CCN(Cc2ccc(Cl)cn2)CC1. The first kappa shape index (κ1) is 15.7. The molecule has 1 atom stereocenters.